The van der Waals surface area contributed by atoms with Gasteiger partial charge < -0.3 is 5.32 Å². The first kappa shape index (κ1) is 17.7. The first-order valence-electron chi connectivity index (χ1n) is 7.00. The molecule has 0 aromatic heterocycles. The number of piperidine rings is 1. The summed E-state index contributed by atoms with van der Waals surface area (Å²) in [5, 5.41) is 3.23. The van der Waals surface area contributed by atoms with Crippen molar-refractivity contribution in [1.29, 1.82) is 0 Å². The van der Waals surface area contributed by atoms with Crippen molar-refractivity contribution < 1.29 is 21.6 Å². The lowest BCUT2D eigenvalue weighted by Crippen LogP contribution is -2.41. The molecule has 1 aliphatic rings. The van der Waals surface area contributed by atoms with E-state index in [1.165, 1.54) is 4.31 Å². The van der Waals surface area contributed by atoms with Crippen LogP contribution in [-0.4, -0.2) is 50.8 Å². The second-order valence-electron chi connectivity index (χ2n) is 5.18. The molecule has 1 saturated heterocycles. The van der Waals surface area contributed by atoms with Crippen molar-refractivity contribution in [3.8, 4) is 0 Å². The molecule has 0 atom stereocenters. The largest absolute Gasteiger partial charge is 0.389 e. The number of alkyl halides is 3. The Morgan fingerprint density at radius 2 is 1.85 bits per heavy atom. The number of sulfonamides is 1. The molecule has 1 aliphatic heterocycles. The van der Waals surface area contributed by atoms with Gasteiger partial charge in [-0.25, -0.2) is 12.7 Å². The van der Waals surface area contributed by atoms with E-state index in [2.05, 4.69) is 5.32 Å². The Labute approximate surface area is 118 Å². The predicted octanol–water partition coefficient (Wildman–Crippen LogP) is 1.98. The maximum Gasteiger partial charge on any atom is 0.389 e. The van der Waals surface area contributed by atoms with Crippen molar-refractivity contribution in [1.82, 2.24) is 9.62 Å². The van der Waals surface area contributed by atoms with Crippen LogP contribution in [0.4, 0.5) is 13.2 Å². The summed E-state index contributed by atoms with van der Waals surface area (Å²) in [4.78, 5) is 0. The average molecular weight is 316 g/mol. The zero-order valence-corrected chi connectivity index (χ0v) is 12.6. The molecule has 4 nitrogen and oxygen atoms in total. The molecule has 0 saturated carbocycles. The van der Waals surface area contributed by atoms with E-state index < -0.39 is 28.4 Å². The SMILES string of the molecule is CCNCC1CCN(S(=O)(=O)CCCC(F)(F)F)CC1. The number of halogens is 3. The lowest BCUT2D eigenvalue weighted by atomic mass is 9.98. The van der Waals surface area contributed by atoms with Crippen LogP contribution in [0, 0.1) is 5.92 Å². The quantitative estimate of drug-likeness (QED) is 0.781. The van der Waals surface area contributed by atoms with Gasteiger partial charge in [0.1, 0.15) is 0 Å². The van der Waals surface area contributed by atoms with Gasteiger partial charge >= 0.3 is 6.18 Å². The van der Waals surface area contributed by atoms with E-state index in [1.807, 2.05) is 6.92 Å². The van der Waals surface area contributed by atoms with E-state index in [9.17, 15) is 21.6 Å². The van der Waals surface area contributed by atoms with Gasteiger partial charge in [0.05, 0.1) is 5.75 Å². The monoisotopic (exact) mass is 316 g/mol. The van der Waals surface area contributed by atoms with Gasteiger partial charge in [-0.3, -0.25) is 0 Å². The fraction of sp³-hybridized carbons (Fsp3) is 1.00. The minimum atomic E-state index is -4.28. The molecule has 0 aliphatic carbocycles. The molecular weight excluding hydrogens is 293 g/mol. The Morgan fingerprint density at radius 3 is 2.35 bits per heavy atom. The number of nitrogens with zero attached hydrogens (tertiary/aromatic N) is 1. The summed E-state index contributed by atoms with van der Waals surface area (Å²) >= 11 is 0. The van der Waals surface area contributed by atoms with Gasteiger partial charge in [-0.2, -0.15) is 13.2 Å². The fourth-order valence-electron chi connectivity index (χ4n) is 2.32. The number of hydrogen-bond donors (Lipinski definition) is 1. The van der Waals surface area contributed by atoms with Gasteiger partial charge in [-0.15, -0.1) is 0 Å². The van der Waals surface area contributed by atoms with Gasteiger partial charge in [0, 0.05) is 19.5 Å². The maximum absolute atomic E-state index is 12.0. The van der Waals surface area contributed by atoms with Crippen molar-refractivity contribution in [3.05, 3.63) is 0 Å². The van der Waals surface area contributed by atoms with Crippen molar-refractivity contribution in [2.75, 3.05) is 31.9 Å². The van der Waals surface area contributed by atoms with Crippen LogP contribution in [0.5, 0.6) is 0 Å². The highest BCUT2D eigenvalue weighted by Crippen LogP contribution is 2.23. The number of nitrogens with one attached hydrogen (secondary N) is 1. The Kier molecular flexibility index (Phi) is 6.74. The summed E-state index contributed by atoms with van der Waals surface area (Å²) in [6.07, 6.45) is -4.14. The third-order valence-corrected chi connectivity index (χ3v) is 5.47. The molecule has 1 heterocycles. The van der Waals surface area contributed by atoms with Crippen LogP contribution in [-0.2, 0) is 10.0 Å². The maximum atomic E-state index is 12.0. The normalized spacial score (nSPS) is 19.4. The fourth-order valence-corrected chi connectivity index (χ4v) is 3.86. The summed E-state index contributed by atoms with van der Waals surface area (Å²) in [5.74, 6) is 0.0428. The van der Waals surface area contributed by atoms with E-state index in [-0.39, 0.29) is 6.42 Å². The first-order valence-corrected chi connectivity index (χ1v) is 8.61. The van der Waals surface area contributed by atoms with E-state index in [0.717, 1.165) is 25.9 Å². The minimum Gasteiger partial charge on any atom is -0.317 e. The lowest BCUT2D eigenvalue weighted by Gasteiger charge is -2.31. The van der Waals surface area contributed by atoms with Crippen LogP contribution in [0.2, 0.25) is 0 Å². The molecule has 1 fully saturated rings. The summed E-state index contributed by atoms with van der Waals surface area (Å²) in [7, 11) is -3.54. The summed E-state index contributed by atoms with van der Waals surface area (Å²) < 4.78 is 61.3. The van der Waals surface area contributed by atoms with E-state index in [4.69, 9.17) is 0 Å². The smallest absolute Gasteiger partial charge is 0.317 e. The van der Waals surface area contributed by atoms with Gasteiger partial charge in [0.2, 0.25) is 10.0 Å². The lowest BCUT2D eigenvalue weighted by molar-refractivity contribution is -0.134. The molecule has 120 valence electrons. The summed E-state index contributed by atoms with van der Waals surface area (Å²) in [6, 6.07) is 0. The van der Waals surface area contributed by atoms with Crippen molar-refractivity contribution >= 4 is 10.0 Å². The Balaban J connectivity index is 2.35. The second-order valence-corrected chi connectivity index (χ2v) is 7.27. The van der Waals surface area contributed by atoms with Crippen LogP contribution in [0.3, 0.4) is 0 Å². The average Bonchev–Trinajstić information content (AvgIpc) is 2.35. The van der Waals surface area contributed by atoms with Crippen molar-refractivity contribution in [3.63, 3.8) is 0 Å². The van der Waals surface area contributed by atoms with Crippen LogP contribution in [0.25, 0.3) is 0 Å². The summed E-state index contributed by atoms with van der Waals surface area (Å²) in [6.45, 7) is 4.61. The zero-order chi connectivity index (χ0) is 15.2. The Hall–Kier alpha value is -0.340. The standard InChI is InChI=1S/C12H23F3N2O2S/c1-2-16-10-11-4-7-17(8-5-11)20(18,19)9-3-6-12(13,14)15/h11,16H,2-10H2,1H3. The molecule has 0 spiro atoms. The van der Waals surface area contributed by atoms with Crippen molar-refractivity contribution in [2.24, 2.45) is 5.92 Å². The highest BCUT2D eigenvalue weighted by atomic mass is 32.2. The molecular formula is C12H23F3N2O2S. The second kappa shape index (κ2) is 7.61. The van der Waals surface area contributed by atoms with E-state index >= 15 is 0 Å². The molecule has 0 aromatic rings. The van der Waals surface area contributed by atoms with E-state index in [1.54, 1.807) is 0 Å². The third kappa shape index (κ3) is 6.41. The molecule has 0 amide bonds. The van der Waals surface area contributed by atoms with Gasteiger partial charge in [-0.1, -0.05) is 6.92 Å². The Morgan fingerprint density at radius 1 is 1.25 bits per heavy atom. The topological polar surface area (TPSA) is 49.4 Å². The molecule has 0 bridgehead atoms. The minimum absolute atomic E-state index is 0.358. The van der Waals surface area contributed by atoms with E-state index in [0.29, 0.717) is 19.0 Å². The van der Waals surface area contributed by atoms with Gasteiger partial charge in [-0.05, 0) is 38.3 Å². The first-order chi connectivity index (χ1) is 9.24. The Bertz CT molecular complexity index is 377. The molecule has 0 aromatic carbocycles. The molecule has 1 N–H and O–H groups in total. The van der Waals surface area contributed by atoms with Crippen LogP contribution >= 0.6 is 0 Å². The number of rotatable bonds is 7. The molecule has 20 heavy (non-hydrogen) atoms. The molecule has 0 unspecified atom stereocenters. The molecule has 1 rings (SSSR count). The molecule has 0 radical (unpaired) electrons. The molecule has 8 heteroatoms. The van der Waals surface area contributed by atoms with Crippen LogP contribution < -0.4 is 5.32 Å². The van der Waals surface area contributed by atoms with Crippen LogP contribution in [0.1, 0.15) is 32.6 Å². The van der Waals surface area contributed by atoms with Crippen molar-refractivity contribution in [2.45, 2.75) is 38.8 Å². The highest BCUT2D eigenvalue weighted by molar-refractivity contribution is 7.89. The number of hydrogen-bond acceptors (Lipinski definition) is 3. The van der Waals surface area contributed by atoms with Crippen LogP contribution in [0.15, 0.2) is 0 Å². The van der Waals surface area contributed by atoms with Gasteiger partial charge in [0.25, 0.3) is 0 Å². The zero-order valence-electron chi connectivity index (χ0n) is 11.7. The summed E-state index contributed by atoms with van der Waals surface area (Å²) in [5.41, 5.74) is 0. The third-order valence-electron chi connectivity index (χ3n) is 3.51. The highest BCUT2D eigenvalue weighted by Gasteiger charge is 2.30. The predicted molar refractivity (Wildman–Crippen MR) is 71.9 cm³/mol. The van der Waals surface area contributed by atoms with Gasteiger partial charge in [0.15, 0.2) is 0 Å².